The van der Waals surface area contributed by atoms with Gasteiger partial charge in [0.15, 0.2) is 6.61 Å². The standard InChI is InChI=1S/C19H21ClN2O4/c1-2-25-19(24)9-12-22(13-15-7-10-21-11-8-15)18(23)14-26-17-5-3-16(20)4-6-17/h3-8,10-11H,2,9,12-14H2,1H3. The zero-order valence-electron chi connectivity index (χ0n) is 14.6. The smallest absolute Gasteiger partial charge is 0.307 e. The van der Waals surface area contributed by atoms with Crippen LogP contribution in [0.25, 0.3) is 0 Å². The quantitative estimate of drug-likeness (QED) is 0.629. The van der Waals surface area contributed by atoms with Crippen molar-refractivity contribution < 1.29 is 19.1 Å². The third kappa shape index (κ3) is 6.72. The molecule has 1 aromatic heterocycles. The number of carbonyl (C=O) groups is 2. The number of benzene rings is 1. The van der Waals surface area contributed by atoms with Crippen molar-refractivity contribution in [3.63, 3.8) is 0 Å². The zero-order valence-corrected chi connectivity index (χ0v) is 15.3. The fourth-order valence-electron chi connectivity index (χ4n) is 2.23. The third-order valence-corrected chi connectivity index (χ3v) is 3.79. The summed E-state index contributed by atoms with van der Waals surface area (Å²) in [6, 6.07) is 10.4. The number of nitrogens with zero attached hydrogens (tertiary/aromatic N) is 2. The summed E-state index contributed by atoms with van der Waals surface area (Å²) in [7, 11) is 0. The highest BCUT2D eigenvalue weighted by molar-refractivity contribution is 6.30. The van der Waals surface area contributed by atoms with Crippen LogP contribution in [-0.4, -0.2) is 41.5 Å². The largest absolute Gasteiger partial charge is 0.484 e. The van der Waals surface area contributed by atoms with Gasteiger partial charge in [-0.2, -0.15) is 0 Å². The molecule has 0 aliphatic rings. The molecule has 2 rings (SSSR count). The summed E-state index contributed by atoms with van der Waals surface area (Å²) in [5, 5.41) is 0.595. The van der Waals surface area contributed by atoms with Crippen molar-refractivity contribution in [3.8, 4) is 5.75 Å². The van der Waals surface area contributed by atoms with Crippen molar-refractivity contribution in [2.24, 2.45) is 0 Å². The van der Waals surface area contributed by atoms with E-state index in [1.54, 1.807) is 48.5 Å². The summed E-state index contributed by atoms with van der Waals surface area (Å²) >= 11 is 5.83. The van der Waals surface area contributed by atoms with Gasteiger partial charge in [-0.15, -0.1) is 0 Å². The van der Waals surface area contributed by atoms with Crippen LogP contribution in [0.15, 0.2) is 48.8 Å². The van der Waals surface area contributed by atoms with Gasteiger partial charge in [0, 0.05) is 30.5 Å². The molecule has 26 heavy (non-hydrogen) atoms. The number of esters is 1. The van der Waals surface area contributed by atoms with E-state index < -0.39 is 0 Å². The molecule has 0 bridgehead atoms. The Balaban J connectivity index is 1.97. The molecule has 1 heterocycles. The molecule has 0 spiro atoms. The van der Waals surface area contributed by atoms with Gasteiger partial charge in [-0.3, -0.25) is 14.6 Å². The Morgan fingerprint density at radius 1 is 1.12 bits per heavy atom. The Bertz CT molecular complexity index is 707. The maximum absolute atomic E-state index is 12.6. The number of pyridine rings is 1. The van der Waals surface area contributed by atoms with Crippen molar-refractivity contribution in [1.29, 1.82) is 0 Å². The van der Waals surface area contributed by atoms with Crippen LogP contribution in [0, 0.1) is 0 Å². The van der Waals surface area contributed by atoms with E-state index in [4.69, 9.17) is 21.1 Å². The van der Waals surface area contributed by atoms with Crippen LogP contribution in [0.4, 0.5) is 0 Å². The summed E-state index contributed by atoms with van der Waals surface area (Å²) in [6.45, 7) is 2.55. The van der Waals surface area contributed by atoms with Crippen LogP contribution in [0.3, 0.4) is 0 Å². The molecule has 0 N–H and O–H groups in total. The highest BCUT2D eigenvalue weighted by atomic mass is 35.5. The fourth-order valence-corrected chi connectivity index (χ4v) is 2.35. The number of rotatable bonds is 9. The van der Waals surface area contributed by atoms with Gasteiger partial charge in [0.1, 0.15) is 5.75 Å². The second-order valence-corrected chi connectivity index (χ2v) is 5.90. The summed E-state index contributed by atoms with van der Waals surface area (Å²) in [5.74, 6) is -0.00304. The molecule has 1 aromatic carbocycles. The van der Waals surface area contributed by atoms with Crippen LogP contribution >= 0.6 is 11.6 Å². The van der Waals surface area contributed by atoms with E-state index in [1.165, 1.54) is 0 Å². The molecule has 0 aliphatic heterocycles. The molecule has 138 valence electrons. The number of halogens is 1. The fraction of sp³-hybridized carbons (Fsp3) is 0.316. The van der Waals surface area contributed by atoms with Crippen molar-refractivity contribution in [2.75, 3.05) is 19.8 Å². The Hall–Kier alpha value is -2.60. The molecule has 0 unspecified atom stereocenters. The van der Waals surface area contributed by atoms with Crippen LogP contribution in [0.5, 0.6) is 5.75 Å². The lowest BCUT2D eigenvalue weighted by Gasteiger charge is -2.22. The SMILES string of the molecule is CCOC(=O)CCN(Cc1ccncc1)C(=O)COc1ccc(Cl)cc1. The van der Waals surface area contributed by atoms with Crippen LogP contribution in [0.2, 0.25) is 5.02 Å². The molecule has 0 fully saturated rings. The number of ether oxygens (including phenoxy) is 2. The lowest BCUT2D eigenvalue weighted by Crippen LogP contribution is -2.36. The van der Waals surface area contributed by atoms with E-state index in [2.05, 4.69) is 4.98 Å². The maximum Gasteiger partial charge on any atom is 0.307 e. The first-order chi connectivity index (χ1) is 12.6. The summed E-state index contributed by atoms with van der Waals surface area (Å²) in [6.07, 6.45) is 3.45. The van der Waals surface area contributed by atoms with Crippen molar-refractivity contribution in [1.82, 2.24) is 9.88 Å². The summed E-state index contributed by atoms with van der Waals surface area (Å²) in [4.78, 5) is 29.7. The first-order valence-electron chi connectivity index (χ1n) is 8.29. The van der Waals surface area contributed by atoms with Gasteiger partial charge in [-0.1, -0.05) is 11.6 Å². The van der Waals surface area contributed by atoms with Gasteiger partial charge < -0.3 is 14.4 Å². The predicted molar refractivity (Wildman–Crippen MR) is 97.9 cm³/mol. The molecule has 0 saturated carbocycles. The Morgan fingerprint density at radius 2 is 1.81 bits per heavy atom. The molecule has 2 aromatic rings. The van der Waals surface area contributed by atoms with Gasteiger partial charge in [0.2, 0.25) is 0 Å². The monoisotopic (exact) mass is 376 g/mol. The van der Waals surface area contributed by atoms with Gasteiger partial charge in [-0.25, -0.2) is 0 Å². The number of amides is 1. The lowest BCUT2D eigenvalue weighted by atomic mass is 10.2. The molecular weight excluding hydrogens is 356 g/mol. The minimum Gasteiger partial charge on any atom is -0.484 e. The topological polar surface area (TPSA) is 68.7 Å². The third-order valence-electron chi connectivity index (χ3n) is 3.54. The van der Waals surface area contributed by atoms with Crippen LogP contribution in [-0.2, 0) is 20.9 Å². The predicted octanol–water partition coefficient (Wildman–Crippen LogP) is 3.10. The molecule has 6 nitrogen and oxygen atoms in total. The van der Waals surface area contributed by atoms with Crippen molar-refractivity contribution >= 4 is 23.5 Å². The average Bonchev–Trinajstić information content (AvgIpc) is 2.65. The summed E-state index contributed by atoms with van der Waals surface area (Å²) < 4.78 is 10.4. The number of carbonyl (C=O) groups excluding carboxylic acids is 2. The van der Waals surface area contributed by atoms with Crippen LogP contribution in [0.1, 0.15) is 18.9 Å². The highest BCUT2D eigenvalue weighted by Gasteiger charge is 2.17. The first kappa shape index (κ1) is 19.7. The van der Waals surface area contributed by atoms with Gasteiger partial charge in [-0.05, 0) is 48.9 Å². The first-order valence-corrected chi connectivity index (χ1v) is 8.67. The molecule has 0 radical (unpaired) electrons. The van der Waals surface area contributed by atoms with Gasteiger partial charge in [0.25, 0.3) is 5.91 Å². The number of hydrogen-bond donors (Lipinski definition) is 0. The van der Waals surface area contributed by atoms with Gasteiger partial charge in [0.05, 0.1) is 13.0 Å². The lowest BCUT2D eigenvalue weighted by molar-refractivity contribution is -0.144. The van der Waals surface area contributed by atoms with Crippen molar-refractivity contribution in [2.45, 2.75) is 19.9 Å². The minimum absolute atomic E-state index is 0.129. The van der Waals surface area contributed by atoms with E-state index in [1.807, 2.05) is 12.1 Å². The van der Waals surface area contributed by atoms with E-state index in [0.717, 1.165) is 5.56 Å². The molecule has 0 aliphatic carbocycles. The molecule has 1 amide bonds. The summed E-state index contributed by atoms with van der Waals surface area (Å²) in [5.41, 5.74) is 0.920. The molecule has 7 heteroatoms. The normalized spacial score (nSPS) is 10.2. The zero-order chi connectivity index (χ0) is 18.8. The van der Waals surface area contributed by atoms with Gasteiger partial charge >= 0.3 is 5.97 Å². The Morgan fingerprint density at radius 3 is 2.46 bits per heavy atom. The van der Waals surface area contributed by atoms with E-state index in [9.17, 15) is 9.59 Å². The maximum atomic E-state index is 12.6. The Labute approximate surface area is 157 Å². The second kappa shape index (κ2) is 10.4. The number of hydrogen-bond acceptors (Lipinski definition) is 5. The highest BCUT2D eigenvalue weighted by Crippen LogP contribution is 2.15. The van der Waals surface area contributed by atoms with E-state index >= 15 is 0 Å². The van der Waals surface area contributed by atoms with E-state index in [0.29, 0.717) is 23.9 Å². The molecule has 0 atom stereocenters. The van der Waals surface area contributed by atoms with E-state index in [-0.39, 0.29) is 31.4 Å². The van der Waals surface area contributed by atoms with Crippen molar-refractivity contribution in [3.05, 3.63) is 59.4 Å². The molecule has 0 saturated heterocycles. The van der Waals surface area contributed by atoms with Crippen LogP contribution < -0.4 is 4.74 Å². The average molecular weight is 377 g/mol. The molecular formula is C19H21ClN2O4. The Kier molecular flexibility index (Phi) is 7.89. The minimum atomic E-state index is -0.335. The second-order valence-electron chi connectivity index (χ2n) is 5.47. The number of aromatic nitrogens is 1.